The molecule has 1 aliphatic rings. The van der Waals surface area contributed by atoms with Gasteiger partial charge in [0.25, 0.3) is 0 Å². The van der Waals surface area contributed by atoms with Gasteiger partial charge in [-0.2, -0.15) is 0 Å². The zero-order valence-corrected chi connectivity index (χ0v) is 8.49. The Bertz CT molecular complexity index is 295. The van der Waals surface area contributed by atoms with Crippen LogP contribution >= 0.6 is 0 Å². The van der Waals surface area contributed by atoms with Crippen molar-refractivity contribution in [3.63, 3.8) is 0 Å². The maximum absolute atomic E-state index is 5.67. The number of hydrogen-bond donors (Lipinski definition) is 1. The molecule has 1 N–H and O–H groups in total. The number of aromatic nitrogens is 1. The van der Waals surface area contributed by atoms with Gasteiger partial charge in [0.05, 0.1) is 0 Å². The smallest absolute Gasteiger partial charge is 0.122 e. The van der Waals surface area contributed by atoms with Gasteiger partial charge in [-0.05, 0) is 32.4 Å². The highest BCUT2D eigenvalue weighted by Gasteiger charge is 2.14. The normalized spacial score (nSPS) is 21.1. The Balaban J connectivity index is 1.85. The lowest BCUT2D eigenvalue weighted by Gasteiger charge is -2.11. The molecule has 1 aliphatic heterocycles. The van der Waals surface area contributed by atoms with Gasteiger partial charge in [-0.3, -0.25) is 4.98 Å². The van der Waals surface area contributed by atoms with Crippen LogP contribution in [0.5, 0.6) is 5.75 Å². The largest absolute Gasteiger partial charge is 0.492 e. The number of nitrogens with one attached hydrogen (secondary N) is 1. The Morgan fingerprint density at radius 3 is 3.29 bits per heavy atom. The fourth-order valence-corrected chi connectivity index (χ4v) is 1.71. The lowest BCUT2D eigenvalue weighted by Crippen LogP contribution is -2.28. The molecule has 1 aromatic rings. The second-order valence-electron chi connectivity index (χ2n) is 3.74. The number of rotatable bonds is 3. The maximum atomic E-state index is 5.67. The van der Waals surface area contributed by atoms with E-state index in [0.29, 0.717) is 6.04 Å². The van der Waals surface area contributed by atoms with E-state index in [-0.39, 0.29) is 0 Å². The van der Waals surface area contributed by atoms with Gasteiger partial charge in [-0.1, -0.05) is 0 Å². The van der Waals surface area contributed by atoms with Crippen molar-refractivity contribution in [1.82, 2.24) is 10.3 Å². The molecule has 1 aromatic heterocycles. The van der Waals surface area contributed by atoms with Crippen molar-refractivity contribution in [2.45, 2.75) is 25.8 Å². The van der Waals surface area contributed by atoms with Crippen LogP contribution in [0.1, 0.15) is 18.5 Å². The van der Waals surface area contributed by atoms with Crippen molar-refractivity contribution in [3.05, 3.63) is 24.0 Å². The highest BCUT2D eigenvalue weighted by molar-refractivity contribution is 5.21. The summed E-state index contributed by atoms with van der Waals surface area (Å²) in [4.78, 5) is 4.12. The summed E-state index contributed by atoms with van der Waals surface area (Å²) >= 11 is 0. The minimum atomic E-state index is 0.531. The molecule has 1 saturated heterocycles. The van der Waals surface area contributed by atoms with Crippen molar-refractivity contribution in [2.75, 3.05) is 13.2 Å². The number of nitrogens with zero attached hydrogens (tertiary/aromatic N) is 1. The third-order valence-electron chi connectivity index (χ3n) is 2.48. The molecule has 0 saturated carbocycles. The van der Waals surface area contributed by atoms with Crippen LogP contribution in [0.15, 0.2) is 18.3 Å². The molecule has 3 heteroatoms. The Morgan fingerprint density at radius 1 is 1.64 bits per heavy atom. The molecule has 76 valence electrons. The quantitative estimate of drug-likeness (QED) is 0.788. The third kappa shape index (κ3) is 2.45. The highest BCUT2D eigenvalue weighted by atomic mass is 16.5. The topological polar surface area (TPSA) is 34.1 Å². The van der Waals surface area contributed by atoms with Gasteiger partial charge < -0.3 is 10.1 Å². The van der Waals surface area contributed by atoms with Crippen molar-refractivity contribution in [1.29, 1.82) is 0 Å². The van der Waals surface area contributed by atoms with Crippen LogP contribution in [0.4, 0.5) is 0 Å². The molecule has 2 heterocycles. The summed E-state index contributed by atoms with van der Waals surface area (Å²) < 4.78 is 5.67. The second kappa shape index (κ2) is 4.42. The predicted octanol–water partition coefficient (Wildman–Crippen LogP) is 1.52. The van der Waals surface area contributed by atoms with Gasteiger partial charge in [0.2, 0.25) is 0 Å². The Hall–Kier alpha value is -1.09. The number of pyridine rings is 1. The van der Waals surface area contributed by atoms with Gasteiger partial charge >= 0.3 is 0 Å². The van der Waals surface area contributed by atoms with Gasteiger partial charge in [-0.25, -0.2) is 0 Å². The van der Waals surface area contributed by atoms with E-state index < -0.39 is 0 Å². The number of hydrogen-bond acceptors (Lipinski definition) is 3. The molecular formula is C11H16N2O. The molecule has 0 radical (unpaired) electrons. The summed E-state index contributed by atoms with van der Waals surface area (Å²) in [6.07, 6.45) is 4.28. The molecule has 2 rings (SSSR count). The van der Waals surface area contributed by atoms with Gasteiger partial charge in [0.15, 0.2) is 0 Å². The van der Waals surface area contributed by atoms with Crippen LogP contribution in [0.25, 0.3) is 0 Å². The van der Waals surface area contributed by atoms with E-state index in [1.165, 1.54) is 12.8 Å². The van der Waals surface area contributed by atoms with E-state index in [1.807, 2.05) is 19.1 Å². The zero-order chi connectivity index (χ0) is 9.80. The summed E-state index contributed by atoms with van der Waals surface area (Å²) in [5.74, 6) is 0.922. The van der Waals surface area contributed by atoms with Crippen LogP contribution in [-0.4, -0.2) is 24.2 Å². The van der Waals surface area contributed by atoms with Crippen molar-refractivity contribution < 1.29 is 4.74 Å². The molecule has 0 amide bonds. The maximum Gasteiger partial charge on any atom is 0.122 e. The van der Waals surface area contributed by atoms with E-state index in [1.54, 1.807) is 6.20 Å². The predicted molar refractivity (Wildman–Crippen MR) is 55.5 cm³/mol. The summed E-state index contributed by atoms with van der Waals surface area (Å²) in [6.45, 7) is 3.87. The van der Waals surface area contributed by atoms with Gasteiger partial charge in [-0.15, -0.1) is 0 Å². The first-order valence-electron chi connectivity index (χ1n) is 5.13. The SMILES string of the molecule is Cc1cc(OCC2CCCN2)ccn1. The summed E-state index contributed by atoms with van der Waals surface area (Å²) in [5.41, 5.74) is 1.00. The number of ether oxygens (including phenoxy) is 1. The highest BCUT2D eigenvalue weighted by Crippen LogP contribution is 2.12. The van der Waals surface area contributed by atoms with Crippen molar-refractivity contribution >= 4 is 0 Å². The summed E-state index contributed by atoms with van der Waals surface area (Å²) in [7, 11) is 0. The van der Waals surface area contributed by atoms with E-state index in [9.17, 15) is 0 Å². The third-order valence-corrected chi connectivity index (χ3v) is 2.48. The monoisotopic (exact) mass is 192 g/mol. The minimum Gasteiger partial charge on any atom is -0.492 e. The van der Waals surface area contributed by atoms with Crippen LogP contribution < -0.4 is 10.1 Å². The fourth-order valence-electron chi connectivity index (χ4n) is 1.71. The molecule has 0 bridgehead atoms. The van der Waals surface area contributed by atoms with Crippen molar-refractivity contribution in [2.24, 2.45) is 0 Å². The van der Waals surface area contributed by atoms with E-state index >= 15 is 0 Å². The molecule has 0 spiro atoms. The molecule has 1 fully saturated rings. The molecule has 14 heavy (non-hydrogen) atoms. The lowest BCUT2D eigenvalue weighted by atomic mass is 10.2. The minimum absolute atomic E-state index is 0.531. The van der Waals surface area contributed by atoms with Crippen LogP contribution in [0, 0.1) is 6.92 Å². The molecule has 1 unspecified atom stereocenters. The van der Waals surface area contributed by atoms with E-state index in [2.05, 4.69) is 10.3 Å². The summed E-state index contributed by atoms with van der Waals surface area (Å²) in [6, 6.07) is 4.40. The van der Waals surface area contributed by atoms with Gasteiger partial charge in [0.1, 0.15) is 12.4 Å². The van der Waals surface area contributed by atoms with Crippen molar-refractivity contribution in [3.8, 4) is 5.75 Å². The Labute approximate surface area is 84.5 Å². The van der Waals surface area contributed by atoms with Crippen LogP contribution in [-0.2, 0) is 0 Å². The average Bonchev–Trinajstić information content (AvgIpc) is 2.67. The molecule has 0 aromatic carbocycles. The first-order valence-corrected chi connectivity index (χ1v) is 5.13. The first-order chi connectivity index (χ1) is 6.84. The fraction of sp³-hybridized carbons (Fsp3) is 0.545. The molecular weight excluding hydrogens is 176 g/mol. The van der Waals surface area contributed by atoms with E-state index in [4.69, 9.17) is 4.74 Å². The Morgan fingerprint density at radius 2 is 2.57 bits per heavy atom. The average molecular weight is 192 g/mol. The second-order valence-corrected chi connectivity index (χ2v) is 3.74. The number of aryl methyl sites for hydroxylation is 1. The molecule has 0 aliphatic carbocycles. The van der Waals surface area contributed by atoms with E-state index in [0.717, 1.165) is 24.6 Å². The lowest BCUT2D eigenvalue weighted by molar-refractivity contribution is 0.277. The van der Waals surface area contributed by atoms with Gasteiger partial charge in [0, 0.05) is 24.0 Å². The molecule has 3 nitrogen and oxygen atoms in total. The first kappa shape index (κ1) is 9.46. The Kier molecular flexibility index (Phi) is 2.99. The zero-order valence-electron chi connectivity index (χ0n) is 8.49. The summed E-state index contributed by atoms with van der Waals surface area (Å²) in [5, 5.41) is 3.40. The molecule has 1 atom stereocenters. The van der Waals surface area contributed by atoms with Crippen LogP contribution in [0.2, 0.25) is 0 Å². The van der Waals surface area contributed by atoms with Crippen LogP contribution in [0.3, 0.4) is 0 Å². The standard InChI is InChI=1S/C11H16N2O/c1-9-7-11(4-6-12-9)14-8-10-3-2-5-13-10/h4,6-7,10,13H,2-3,5,8H2,1H3.